The molecule has 2 saturated heterocycles. The van der Waals surface area contributed by atoms with E-state index in [1.54, 1.807) is 0 Å². The first-order chi connectivity index (χ1) is 13.8. The van der Waals surface area contributed by atoms with E-state index in [0.717, 1.165) is 50.3 Å². The number of piperidine rings is 1. The standard InChI is InChI=1S/C24H30N2O2/c27-24(22-10-8-21(9-11-22)20-6-2-1-3-7-20)25-17-19-5-4-14-26(18-19)23-12-15-28-16-13-23/h1-3,6-11,19,23H,4-5,12-18H2,(H,25,27)/t19-/m0/s1. The summed E-state index contributed by atoms with van der Waals surface area (Å²) in [6.07, 6.45) is 4.72. The lowest BCUT2D eigenvalue weighted by Gasteiger charge is -2.40. The van der Waals surface area contributed by atoms with Gasteiger partial charge in [-0.3, -0.25) is 9.69 Å². The SMILES string of the molecule is O=C(NC[C@@H]1CCCN(C2CCOCC2)C1)c1ccc(-c2ccccc2)cc1. The Kier molecular flexibility index (Phi) is 6.40. The molecule has 1 atom stereocenters. The summed E-state index contributed by atoms with van der Waals surface area (Å²) in [5.74, 6) is 0.576. The number of carbonyl (C=O) groups is 1. The van der Waals surface area contributed by atoms with Crippen LogP contribution in [0.3, 0.4) is 0 Å². The van der Waals surface area contributed by atoms with Crippen molar-refractivity contribution in [1.29, 1.82) is 0 Å². The molecule has 2 fully saturated rings. The van der Waals surface area contributed by atoms with E-state index in [0.29, 0.717) is 12.0 Å². The van der Waals surface area contributed by atoms with Crippen molar-refractivity contribution in [1.82, 2.24) is 10.2 Å². The molecule has 0 saturated carbocycles. The van der Waals surface area contributed by atoms with Crippen molar-refractivity contribution < 1.29 is 9.53 Å². The van der Waals surface area contributed by atoms with Crippen molar-refractivity contribution in [2.24, 2.45) is 5.92 Å². The lowest BCUT2D eigenvalue weighted by Crippen LogP contribution is -2.47. The zero-order valence-corrected chi connectivity index (χ0v) is 16.5. The molecule has 2 heterocycles. The fourth-order valence-corrected chi connectivity index (χ4v) is 4.43. The van der Waals surface area contributed by atoms with E-state index < -0.39 is 0 Å². The van der Waals surface area contributed by atoms with Crippen molar-refractivity contribution >= 4 is 5.91 Å². The molecule has 4 heteroatoms. The van der Waals surface area contributed by atoms with E-state index in [-0.39, 0.29) is 5.91 Å². The Balaban J connectivity index is 1.29. The van der Waals surface area contributed by atoms with Gasteiger partial charge in [0, 0.05) is 37.9 Å². The molecule has 4 rings (SSSR count). The number of carbonyl (C=O) groups excluding carboxylic acids is 1. The van der Waals surface area contributed by atoms with Gasteiger partial charge in [0.15, 0.2) is 0 Å². The molecule has 2 aromatic rings. The van der Waals surface area contributed by atoms with Crippen LogP contribution in [0, 0.1) is 5.92 Å². The Morgan fingerprint density at radius 2 is 1.68 bits per heavy atom. The number of amides is 1. The molecular weight excluding hydrogens is 348 g/mol. The Morgan fingerprint density at radius 1 is 0.964 bits per heavy atom. The van der Waals surface area contributed by atoms with Gasteiger partial charge in [-0.25, -0.2) is 0 Å². The predicted molar refractivity (Wildman–Crippen MR) is 112 cm³/mol. The molecule has 2 aromatic carbocycles. The Labute approximate surface area is 167 Å². The normalized spacial score (nSPS) is 21.4. The number of hydrogen-bond donors (Lipinski definition) is 1. The Morgan fingerprint density at radius 3 is 2.43 bits per heavy atom. The molecular formula is C24H30N2O2. The summed E-state index contributed by atoms with van der Waals surface area (Å²) in [5.41, 5.74) is 3.04. The van der Waals surface area contributed by atoms with E-state index in [1.165, 1.54) is 24.9 Å². The average molecular weight is 379 g/mol. The second kappa shape index (κ2) is 9.35. The van der Waals surface area contributed by atoms with E-state index in [2.05, 4.69) is 22.3 Å². The lowest BCUT2D eigenvalue weighted by atomic mass is 9.94. The van der Waals surface area contributed by atoms with Crippen molar-refractivity contribution in [3.63, 3.8) is 0 Å². The van der Waals surface area contributed by atoms with Crippen LogP contribution in [0.4, 0.5) is 0 Å². The Hall–Kier alpha value is -2.17. The van der Waals surface area contributed by atoms with Crippen LogP contribution in [-0.4, -0.2) is 49.7 Å². The molecule has 2 aliphatic heterocycles. The van der Waals surface area contributed by atoms with Crippen molar-refractivity contribution in [2.45, 2.75) is 31.7 Å². The fraction of sp³-hybridized carbons (Fsp3) is 0.458. The first kappa shape index (κ1) is 19.2. The van der Waals surface area contributed by atoms with Crippen LogP contribution >= 0.6 is 0 Å². The highest BCUT2D eigenvalue weighted by molar-refractivity contribution is 5.94. The molecule has 0 radical (unpaired) electrons. The van der Waals surface area contributed by atoms with Gasteiger partial charge in [0.2, 0.25) is 0 Å². The van der Waals surface area contributed by atoms with Crippen LogP contribution < -0.4 is 5.32 Å². The minimum Gasteiger partial charge on any atom is -0.381 e. The molecule has 28 heavy (non-hydrogen) atoms. The highest BCUT2D eigenvalue weighted by atomic mass is 16.5. The third kappa shape index (κ3) is 4.81. The highest BCUT2D eigenvalue weighted by Gasteiger charge is 2.27. The maximum atomic E-state index is 12.6. The van der Waals surface area contributed by atoms with Gasteiger partial charge >= 0.3 is 0 Å². The smallest absolute Gasteiger partial charge is 0.251 e. The number of nitrogens with one attached hydrogen (secondary N) is 1. The number of hydrogen-bond acceptors (Lipinski definition) is 3. The summed E-state index contributed by atoms with van der Waals surface area (Å²) >= 11 is 0. The van der Waals surface area contributed by atoms with Crippen molar-refractivity contribution in [3.05, 3.63) is 60.2 Å². The predicted octanol–water partition coefficient (Wildman–Crippen LogP) is 3.97. The minimum atomic E-state index is 0.0304. The van der Waals surface area contributed by atoms with E-state index in [1.807, 2.05) is 42.5 Å². The van der Waals surface area contributed by atoms with Crippen LogP contribution in [0.5, 0.6) is 0 Å². The summed E-state index contributed by atoms with van der Waals surface area (Å²) < 4.78 is 5.50. The molecule has 1 amide bonds. The average Bonchev–Trinajstić information content (AvgIpc) is 2.79. The summed E-state index contributed by atoms with van der Waals surface area (Å²) in [5, 5.41) is 3.16. The van der Waals surface area contributed by atoms with Gasteiger partial charge in [-0.15, -0.1) is 0 Å². The summed E-state index contributed by atoms with van der Waals surface area (Å²) in [6.45, 7) is 4.83. The number of likely N-dealkylation sites (tertiary alicyclic amines) is 1. The third-order valence-corrected chi connectivity index (χ3v) is 6.06. The van der Waals surface area contributed by atoms with Crippen LogP contribution in [0.2, 0.25) is 0 Å². The molecule has 2 aliphatic rings. The number of ether oxygens (including phenoxy) is 1. The molecule has 0 aliphatic carbocycles. The highest BCUT2D eigenvalue weighted by Crippen LogP contribution is 2.23. The second-order valence-corrected chi connectivity index (χ2v) is 8.00. The lowest BCUT2D eigenvalue weighted by molar-refractivity contribution is 0.0179. The third-order valence-electron chi connectivity index (χ3n) is 6.06. The van der Waals surface area contributed by atoms with Gasteiger partial charge in [-0.05, 0) is 61.4 Å². The first-order valence-corrected chi connectivity index (χ1v) is 10.5. The monoisotopic (exact) mass is 378 g/mol. The molecule has 0 unspecified atom stereocenters. The van der Waals surface area contributed by atoms with E-state index in [9.17, 15) is 4.79 Å². The Bertz CT molecular complexity index is 754. The topological polar surface area (TPSA) is 41.6 Å². The first-order valence-electron chi connectivity index (χ1n) is 10.5. The van der Waals surface area contributed by atoms with Gasteiger partial charge in [-0.2, -0.15) is 0 Å². The van der Waals surface area contributed by atoms with Gasteiger partial charge in [0.1, 0.15) is 0 Å². The van der Waals surface area contributed by atoms with Crippen LogP contribution in [0.1, 0.15) is 36.0 Å². The largest absolute Gasteiger partial charge is 0.381 e. The quantitative estimate of drug-likeness (QED) is 0.856. The van der Waals surface area contributed by atoms with Crippen LogP contribution in [-0.2, 0) is 4.74 Å². The van der Waals surface area contributed by atoms with Gasteiger partial charge in [0.25, 0.3) is 5.91 Å². The molecule has 1 N–H and O–H groups in total. The summed E-state index contributed by atoms with van der Waals surface area (Å²) in [7, 11) is 0. The zero-order valence-electron chi connectivity index (χ0n) is 16.5. The number of benzene rings is 2. The molecule has 148 valence electrons. The van der Waals surface area contributed by atoms with Gasteiger partial charge in [0.05, 0.1) is 0 Å². The summed E-state index contributed by atoms with van der Waals surface area (Å²) in [4.78, 5) is 15.2. The van der Waals surface area contributed by atoms with Gasteiger partial charge in [-0.1, -0.05) is 42.5 Å². The number of nitrogens with zero attached hydrogens (tertiary/aromatic N) is 1. The fourth-order valence-electron chi connectivity index (χ4n) is 4.43. The molecule has 0 spiro atoms. The summed E-state index contributed by atoms with van der Waals surface area (Å²) in [6, 6.07) is 18.8. The van der Waals surface area contributed by atoms with E-state index in [4.69, 9.17) is 4.74 Å². The minimum absolute atomic E-state index is 0.0304. The van der Waals surface area contributed by atoms with Crippen molar-refractivity contribution in [2.75, 3.05) is 32.8 Å². The van der Waals surface area contributed by atoms with E-state index >= 15 is 0 Å². The van der Waals surface area contributed by atoms with Crippen LogP contribution in [0.15, 0.2) is 54.6 Å². The zero-order chi connectivity index (χ0) is 19.2. The maximum absolute atomic E-state index is 12.6. The number of rotatable bonds is 5. The maximum Gasteiger partial charge on any atom is 0.251 e. The molecule has 0 aromatic heterocycles. The van der Waals surface area contributed by atoms with Crippen molar-refractivity contribution in [3.8, 4) is 11.1 Å². The van der Waals surface area contributed by atoms with Crippen LogP contribution in [0.25, 0.3) is 11.1 Å². The van der Waals surface area contributed by atoms with Gasteiger partial charge < -0.3 is 10.1 Å². The molecule has 4 nitrogen and oxygen atoms in total. The second-order valence-electron chi connectivity index (χ2n) is 8.00. The molecule has 0 bridgehead atoms.